The van der Waals surface area contributed by atoms with Gasteiger partial charge in [0.05, 0.1) is 17.6 Å². The fraction of sp³-hybridized carbons (Fsp3) is 0.182. The number of thioether (sulfide) groups is 1. The topological polar surface area (TPSA) is 85.8 Å². The first kappa shape index (κ1) is 19.9. The summed E-state index contributed by atoms with van der Waals surface area (Å²) < 4.78 is 7.01. The van der Waals surface area contributed by atoms with Crippen molar-refractivity contribution >= 4 is 17.7 Å². The lowest BCUT2D eigenvalue weighted by Gasteiger charge is -2.13. The number of carbonyl (C=O) groups is 1. The quantitative estimate of drug-likeness (QED) is 0.437. The maximum absolute atomic E-state index is 12.9. The molecule has 0 saturated heterocycles. The number of nitrogens with zero attached hydrogens (tertiary/aromatic N) is 4. The first-order valence-corrected chi connectivity index (χ1v) is 10.5. The van der Waals surface area contributed by atoms with Gasteiger partial charge in [-0.3, -0.25) is 4.79 Å². The van der Waals surface area contributed by atoms with E-state index >= 15 is 0 Å². The van der Waals surface area contributed by atoms with Crippen LogP contribution in [0.1, 0.15) is 33.2 Å². The molecule has 2 heterocycles. The van der Waals surface area contributed by atoms with Crippen LogP contribution in [-0.2, 0) is 18.8 Å². The molecular weight excluding hydrogens is 398 g/mol. The highest BCUT2D eigenvalue weighted by atomic mass is 32.2. The molecule has 0 fully saturated rings. The molecule has 0 radical (unpaired) electrons. The van der Waals surface area contributed by atoms with Gasteiger partial charge in [0.15, 0.2) is 5.82 Å². The zero-order valence-corrected chi connectivity index (χ0v) is 17.3. The Morgan fingerprint density at radius 3 is 2.70 bits per heavy atom. The Balaban J connectivity index is 1.42. The molecule has 1 N–H and O–H groups in total. The maximum Gasteiger partial charge on any atom is 0.252 e. The Hall–Kier alpha value is -3.39. The Bertz CT molecular complexity index is 1120. The molecule has 4 rings (SSSR count). The van der Waals surface area contributed by atoms with Gasteiger partial charge in [-0.1, -0.05) is 41.6 Å². The number of hydrogen-bond donors (Lipinski definition) is 1. The van der Waals surface area contributed by atoms with Crippen molar-refractivity contribution in [2.75, 3.05) is 0 Å². The average molecular weight is 420 g/mol. The molecular formula is C22H21N5O2S. The third-order valence-corrected chi connectivity index (χ3v) is 5.60. The molecule has 0 aliphatic rings. The summed E-state index contributed by atoms with van der Waals surface area (Å²) in [4.78, 5) is 22.1. The minimum Gasteiger partial charge on any atom is -0.348 e. The van der Waals surface area contributed by atoms with Crippen LogP contribution in [0.3, 0.4) is 0 Å². The van der Waals surface area contributed by atoms with E-state index < -0.39 is 0 Å². The average Bonchev–Trinajstić information content (AvgIpc) is 3.43. The van der Waals surface area contributed by atoms with Gasteiger partial charge in [-0.15, -0.1) is 11.8 Å². The van der Waals surface area contributed by atoms with E-state index in [1.54, 1.807) is 19.4 Å². The van der Waals surface area contributed by atoms with E-state index in [1.165, 1.54) is 11.8 Å². The SMILES string of the molecule is Cc1nc(CSc2ccccc2C(=O)NCc2ccccc2Cn2ccnc2)no1. The maximum atomic E-state index is 12.9. The van der Waals surface area contributed by atoms with E-state index in [2.05, 4.69) is 26.5 Å². The third-order valence-electron chi connectivity index (χ3n) is 4.53. The smallest absolute Gasteiger partial charge is 0.252 e. The van der Waals surface area contributed by atoms with E-state index in [-0.39, 0.29) is 5.91 Å². The van der Waals surface area contributed by atoms with Crippen LogP contribution in [0.2, 0.25) is 0 Å². The van der Waals surface area contributed by atoms with Gasteiger partial charge in [0.25, 0.3) is 5.91 Å². The van der Waals surface area contributed by atoms with Gasteiger partial charge in [0, 0.05) is 37.3 Å². The van der Waals surface area contributed by atoms with Gasteiger partial charge >= 0.3 is 0 Å². The van der Waals surface area contributed by atoms with Crippen LogP contribution in [0.15, 0.2) is 76.7 Å². The number of rotatable bonds is 8. The number of benzene rings is 2. The number of aromatic nitrogens is 4. The van der Waals surface area contributed by atoms with Crippen molar-refractivity contribution in [3.8, 4) is 0 Å². The molecule has 0 spiro atoms. The predicted molar refractivity (Wildman–Crippen MR) is 114 cm³/mol. The van der Waals surface area contributed by atoms with Crippen LogP contribution in [0.25, 0.3) is 0 Å². The lowest BCUT2D eigenvalue weighted by atomic mass is 10.1. The summed E-state index contributed by atoms with van der Waals surface area (Å²) in [6, 6.07) is 15.6. The van der Waals surface area contributed by atoms with Crippen LogP contribution in [-0.4, -0.2) is 25.6 Å². The summed E-state index contributed by atoms with van der Waals surface area (Å²) in [6.45, 7) is 2.92. The lowest BCUT2D eigenvalue weighted by Crippen LogP contribution is -2.24. The van der Waals surface area contributed by atoms with Gasteiger partial charge in [-0.2, -0.15) is 4.98 Å². The molecule has 8 heteroatoms. The summed E-state index contributed by atoms with van der Waals surface area (Å²) in [5, 5.41) is 6.96. The molecule has 0 unspecified atom stereocenters. The molecule has 0 bridgehead atoms. The van der Waals surface area contributed by atoms with Crippen LogP contribution >= 0.6 is 11.8 Å². The highest BCUT2D eigenvalue weighted by Gasteiger charge is 2.13. The van der Waals surface area contributed by atoms with Crippen molar-refractivity contribution < 1.29 is 9.32 Å². The minimum atomic E-state index is -0.111. The number of carbonyl (C=O) groups excluding carboxylic acids is 1. The lowest BCUT2D eigenvalue weighted by molar-refractivity contribution is 0.0948. The normalized spacial score (nSPS) is 10.8. The Morgan fingerprint density at radius 2 is 1.93 bits per heavy atom. The monoisotopic (exact) mass is 419 g/mol. The van der Waals surface area contributed by atoms with Gasteiger partial charge in [-0.25, -0.2) is 4.98 Å². The number of imidazole rings is 1. The second kappa shape index (κ2) is 9.41. The van der Waals surface area contributed by atoms with E-state index in [9.17, 15) is 4.79 Å². The molecule has 30 heavy (non-hydrogen) atoms. The molecule has 2 aromatic carbocycles. The molecule has 0 atom stereocenters. The predicted octanol–water partition coefficient (Wildman–Crippen LogP) is 3.85. The number of amides is 1. The third kappa shape index (κ3) is 4.96. The number of aryl methyl sites for hydroxylation is 1. The van der Waals surface area contributed by atoms with Gasteiger partial charge in [-0.05, 0) is 23.3 Å². The van der Waals surface area contributed by atoms with E-state index in [1.807, 2.05) is 53.2 Å². The van der Waals surface area contributed by atoms with Crippen LogP contribution < -0.4 is 5.32 Å². The first-order chi connectivity index (χ1) is 14.7. The molecule has 152 valence electrons. The summed E-state index contributed by atoms with van der Waals surface area (Å²) in [6.07, 6.45) is 5.47. The Morgan fingerprint density at radius 1 is 1.13 bits per heavy atom. The van der Waals surface area contributed by atoms with E-state index in [0.717, 1.165) is 16.0 Å². The van der Waals surface area contributed by atoms with Gasteiger partial charge in [0.2, 0.25) is 5.89 Å². The molecule has 1 amide bonds. The number of nitrogens with one attached hydrogen (secondary N) is 1. The fourth-order valence-electron chi connectivity index (χ4n) is 3.05. The molecule has 0 aliphatic carbocycles. The highest BCUT2D eigenvalue weighted by molar-refractivity contribution is 7.98. The molecule has 2 aromatic heterocycles. The summed E-state index contributed by atoms with van der Waals surface area (Å²) in [5.74, 6) is 1.57. The van der Waals surface area contributed by atoms with Crippen LogP contribution in [0.5, 0.6) is 0 Å². The molecule has 0 saturated carbocycles. The van der Waals surface area contributed by atoms with Crippen molar-refractivity contribution in [3.05, 3.63) is 95.7 Å². The second-order valence-electron chi connectivity index (χ2n) is 6.70. The van der Waals surface area contributed by atoms with E-state index in [4.69, 9.17) is 4.52 Å². The van der Waals surface area contributed by atoms with Crippen molar-refractivity contribution in [3.63, 3.8) is 0 Å². The highest BCUT2D eigenvalue weighted by Crippen LogP contribution is 2.25. The van der Waals surface area contributed by atoms with Crippen molar-refractivity contribution in [1.82, 2.24) is 25.0 Å². The molecule has 0 aliphatic heterocycles. The Kier molecular flexibility index (Phi) is 6.24. The van der Waals surface area contributed by atoms with Gasteiger partial charge < -0.3 is 14.4 Å². The molecule has 7 nitrogen and oxygen atoms in total. The largest absolute Gasteiger partial charge is 0.348 e. The zero-order chi connectivity index (χ0) is 20.8. The van der Waals surface area contributed by atoms with Crippen molar-refractivity contribution in [2.45, 2.75) is 30.7 Å². The summed E-state index contributed by atoms with van der Waals surface area (Å²) in [5.41, 5.74) is 2.85. The summed E-state index contributed by atoms with van der Waals surface area (Å²) >= 11 is 1.51. The van der Waals surface area contributed by atoms with Crippen LogP contribution in [0, 0.1) is 6.92 Å². The van der Waals surface area contributed by atoms with E-state index in [0.29, 0.717) is 36.1 Å². The van der Waals surface area contributed by atoms with Gasteiger partial charge in [0.1, 0.15) is 0 Å². The fourth-order valence-corrected chi connectivity index (χ4v) is 3.95. The minimum absolute atomic E-state index is 0.111. The Labute approximate surface area is 178 Å². The van der Waals surface area contributed by atoms with Crippen LogP contribution in [0.4, 0.5) is 0 Å². The first-order valence-electron chi connectivity index (χ1n) is 9.51. The number of hydrogen-bond acceptors (Lipinski definition) is 6. The van der Waals surface area contributed by atoms with Crippen molar-refractivity contribution in [1.29, 1.82) is 0 Å². The van der Waals surface area contributed by atoms with Crippen molar-refractivity contribution in [2.24, 2.45) is 0 Å². The summed E-state index contributed by atoms with van der Waals surface area (Å²) in [7, 11) is 0. The standard InChI is InChI=1S/C22H21N5O2S/c1-16-25-21(26-29-16)14-30-20-9-5-4-8-19(20)22(28)24-12-17-6-2-3-7-18(17)13-27-11-10-23-15-27/h2-11,15H,12-14H2,1H3,(H,24,28). The second-order valence-corrected chi connectivity index (χ2v) is 7.72. The zero-order valence-electron chi connectivity index (χ0n) is 16.5. The molecule has 4 aromatic rings.